The first-order valence-electron chi connectivity index (χ1n) is 7.24. The lowest BCUT2D eigenvalue weighted by atomic mass is 9.88. The molecule has 0 bridgehead atoms. The number of para-hydroxylation sites is 1. The van der Waals surface area contributed by atoms with Crippen LogP contribution in [0.1, 0.15) is 25.8 Å². The van der Waals surface area contributed by atoms with Crippen molar-refractivity contribution in [1.29, 1.82) is 0 Å². The van der Waals surface area contributed by atoms with Crippen molar-refractivity contribution in [1.82, 2.24) is 0 Å². The zero-order valence-corrected chi connectivity index (χ0v) is 12.7. The molecule has 1 aliphatic carbocycles. The average molecular weight is 300 g/mol. The smallest absolute Gasteiger partial charge is 0.506 e. The lowest BCUT2D eigenvalue weighted by Crippen LogP contribution is -2.20. The SMILES string of the molecule is CC(C)CC1=CC=CC(OC(=O)O)C1=Cc1ccccc1O. The quantitative estimate of drug-likeness (QED) is 0.810. The number of hydrogen-bond donors (Lipinski definition) is 2. The number of carboxylic acid groups (broad SMARTS) is 1. The molecule has 0 spiro atoms. The van der Waals surface area contributed by atoms with Crippen molar-refractivity contribution in [3.63, 3.8) is 0 Å². The Bertz CT molecular complexity index is 638. The first-order valence-corrected chi connectivity index (χ1v) is 7.24. The number of carbonyl (C=O) groups is 1. The summed E-state index contributed by atoms with van der Waals surface area (Å²) < 4.78 is 4.97. The second kappa shape index (κ2) is 6.98. The molecule has 1 aromatic carbocycles. The van der Waals surface area contributed by atoms with Gasteiger partial charge in [0.2, 0.25) is 0 Å². The molecule has 0 aromatic heterocycles. The van der Waals surface area contributed by atoms with E-state index in [0.717, 1.165) is 17.6 Å². The van der Waals surface area contributed by atoms with Crippen LogP contribution in [0.5, 0.6) is 5.75 Å². The average Bonchev–Trinajstić information content (AvgIpc) is 2.43. The van der Waals surface area contributed by atoms with Gasteiger partial charge in [0.15, 0.2) is 0 Å². The van der Waals surface area contributed by atoms with E-state index in [0.29, 0.717) is 11.5 Å². The number of rotatable bonds is 4. The van der Waals surface area contributed by atoms with Crippen LogP contribution in [0.4, 0.5) is 4.79 Å². The van der Waals surface area contributed by atoms with Crippen molar-refractivity contribution in [2.75, 3.05) is 0 Å². The molecule has 0 amide bonds. The topological polar surface area (TPSA) is 66.8 Å². The summed E-state index contributed by atoms with van der Waals surface area (Å²) in [5, 5.41) is 18.9. The summed E-state index contributed by atoms with van der Waals surface area (Å²) in [4.78, 5) is 10.9. The maximum atomic E-state index is 10.9. The highest BCUT2D eigenvalue weighted by Gasteiger charge is 2.22. The van der Waals surface area contributed by atoms with Gasteiger partial charge in [-0.3, -0.25) is 0 Å². The monoisotopic (exact) mass is 300 g/mol. The molecular weight excluding hydrogens is 280 g/mol. The fraction of sp³-hybridized carbons (Fsp3) is 0.278. The Kier molecular flexibility index (Phi) is 5.04. The van der Waals surface area contributed by atoms with Crippen LogP contribution < -0.4 is 0 Å². The zero-order chi connectivity index (χ0) is 16.1. The van der Waals surface area contributed by atoms with Crippen LogP contribution in [0, 0.1) is 5.92 Å². The van der Waals surface area contributed by atoms with Gasteiger partial charge in [-0.2, -0.15) is 0 Å². The number of phenols is 1. The molecular formula is C18H20O4. The molecule has 22 heavy (non-hydrogen) atoms. The van der Waals surface area contributed by atoms with Gasteiger partial charge in [0.1, 0.15) is 11.9 Å². The van der Waals surface area contributed by atoms with E-state index < -0.39 is 12.3 Å². The molecule has 1 aliphatic rings. The van der Waals surface area contributed by atoms with Crippen molar-refractivity contribution >= 4 is 12.2 Å². The van der Waals surface area contributed by atoms with E-state index >= 15 is 0 Å². The van der Waals surface area contributed by atoms with Gasteiger partial charge in [-0.25, -0.2) is 4.79 Å². The lowest BCUT2D eigenvalue weighted by molar-refractivity contribution is 0.0804. The first kappa shape index (κ1) is 15.9. The van der Waals surface area contributed by atoms with E-state index in [-0.39, 0.29) is 5.75 Å². The Hall–Kier alpha value is -2.49. The van der Waals surface area contributed by atoms with Gasteiger partial charge in [0.25, 0.3) is 0 Å². The maximum absolute atomic E-state index is 10.9. The highest BCUT2D eigenvalue weighted by molar-refractivity contribution is 5.68. The molecule has 2 rings (SSSR count). The lowest BCUT2D eigenvalue weighted by Gasteiger charge is -2.23. The van der Waals surface area contributed by atoms with E-state index in [1.807, 2.05) is 18.2 Å². The number of aromatic hydroxyl groups is 1. The van der Waals surface area contributed by atoms with E-state index in [1.54, 1.807) is 30.4 Å². The Balaban J connectivity index is 2.42. The van der Waals surface area contributed by atoms with E-state index in [1.165, 1.54) is 0 Å². The van der Waals surface area contributed by atoms with Gasteiger partial charge < -0.3 is 14.9 Å². The second-order valence-electron chi connectivity index (χ2n) is 5.64. The molecule has 0 radical (unpaired) electrons. The number of hydrogen-bond acceptors (Lipinski definition) is 3. The molecule has 4 nitrogen and oxygen atoms in total. The summed E-state index contributed by atoms with van der Waals surface area (Å²) in [5.74, 6) is 0.582. The van der Waals surface area contributed by atoms with Crippen LogP contribution in [0.15, 0.2) is 53.6 Å². The fourth-order valence-corrected chi connectivity index (χ4v) is 2.44. The van der Waals surface area contributed by atoms with Gasteiger partial charge in [-0.15, -0.1) is 0 Å². The molecule has 116 valence electrons. The summed E-state index contributed by atoms with van der Waals surface area (Å²) in [6.07, 6.45) is 6.11. The normalized spacial score (nSPS) is 19.3. The summed E-state index contributed by atoms with van der Waals surface area (Å²) in [7, 11) is 0. The number of allylic oxidation sites excluding steroid dienone is 2. The molecule has 0 saturated carbocycles. The van der Waals surface area contributed by atoms with Crippen LogP contribution in [0.25, 0.3) is 6.08 Å². The molecule has 1 unspecified atom stereocenters. The van der Waals surface area contributed by atoms with Gasteiger partial charge >= 0.3 is 6.16 Å². The minimum atomic E-state index is -1.32. The predicted molar refractivity (Wildman–Crippen MR) is 85.7 cm³/mol. The van der Waals surface area contributed by atoms with Crippen LogP contribution in [0.2, 0.25) is 0 Å². The molecule has 0 heterocycles. The summed E-state index contributed by atoms with van der Waals surface area (Å²) in [6.45, 7) is 4.20. The number of benzene rings is 1. The predicted octanol–water partition coefficient (Wildman–Crippen LogP) is 4.38. The molecule has 0 fully saturated rings. The summed E-state index contributed by atoms with van der Waals surface area (Å²) in [6, 6.07) is 6.95. The molecule has 1 aromatic rings. The third-order valence-corrected chi connectivity index (χ3v) is 3.36. The Morgan fingerprint density at radius 2 is 2.09 bits per heavy atom. The van der Waals surface area contributed by atoms with Gasteiger partial charge in [0, 0.05) is 11.1 Å². The van der Waals surface area contributed by atoms with E-state index in [4.69, 9.17) is 9.84 Å². The number of ether oxygens (including phenoxy) is 1. The minimum Gasteiger partial charge on any atom is -0.507 e. The molecule has 1 atom stereocenters. The maximum Gasteiger partial charge on any atom is 0.506 e. The third kappa shape index (κ3) is 4.01. The molecule has 4 heteroatoms. The molecule has 0 saturated heterocycles. The first-order chi connectivity index (χ1) is 10.5. The molecule has 0 aliphatic heterocycles. The zero-order valence-electron chi connectivity index (χ0n) is 12.7. The Labute approximate surface area is 130 Å². The van der Waals surface area contributed by atoms with E-state index in [2.05, 4.69) is 13.8 Å². The summed E-state index contributed by atoms with van der Waals surface area (Å²) >= 11 is 0. The van der Waals surface area contributed by atoms with Crippen LogP contribution >= 0.6 is 0 Å². The third-order valence-electron chi connectivity index (χ3n) is 3.36. The highest BCUT2D eigenvalue weighted by Crippen LogP contribution is 2.31. The van der Waals surface area contributed by atoms with Crippen molar-refractivity contribution in [3.05, 3.63) is 59.2 Å². The van der Waals surface area contributed by atoms with Crippen molar-refractivity contribution < 1.29 is 19.7 Å². The number of phenolic OH excluding ortho intramolecular Hbond substituents is 1. The summed E-state index contributed by atoms with van der Waals surface area (Å²) in [5.41, 5.74) is 2.42. The highest BCUT2D eigenvalue weighted by atomic mass is 16.7. The molecule has 2 N–H and O–H groups in total. The van der Waals surface area contributed by atoms with Gasteiger partial charge in [-0.05, 0) is 36.1 Å². The van der Waals surface area contributed by atoms with Crippen molar-refractivity contribution in [2.24, 2.45) is 5.92 Å². The van der Waals surface area contributed by atoms with E-state index in [9.17, 15) is 9.90 Å². The van der Waals surface area contributed by atoms with Crippen LogP contribution in [-0.4, -0.2) is 22.5 Å². The van der Waals surface area contributed by atoms with Crippen LogP contribution in [0.3, 0.4) is 0 Å². The van der Waals surface area contributed by atoms with Crippen molar-refractivity contribution in [2.45, 2.75) is 26.4 Å². The van der Waals surface area contributed by atoms with Gasteiger partial charge in [-0.1, -0.05) is 44.2 Å². The second-order valence-corrected chi connectivity index (χ2v) is 5.64. The Morgan fingerprint density at radius 3 is 2.73 bits per heavy atom. The van der Waals surface area contributed by atoms with Gasteiger partial charge in [0.05, 0.1) is 0 Å². The standard InChI is InChI=1S/C18H20O4/c1-12(2)10-13-7-5-9-17(22-18(20)21)15(13)11-14-6-3-4-8-16(14)19/h3-9,11-12,17,19H,10H2,1-2H3,(H,20,21). The Morgan fingerprint density at radius 1 is 1.36 bits per heavy atom. The largest absolute Gasteiger partial charge is 0.507 e. The fourth-order valence-electron chi connectivity index (χ4n) is 2.44. The van der Waals surface area contributed by atoms with Crippen molar-refractivity contribution in [3.8, 4) is 5.75 Å². The minimum absolute atomic E-state index is 0.155. The van der Waals surface area contributed by atoms with Crippen LogP contribution in [-0.2, 0) is 4.74 Å².